The van der Waals surface area contributed by atoms with Gasteiger partial charge in [-0.1, -0.05) is 17.7 Å². The molecule has 0 heterocycles. The molecule has 4 nitrogen and oxygen atoms in total. The molecule has 0 aliphatic rings. The van der Waals surface area contributed by atoms with Crippen molar-refractivity contribution in [1.29, 1.82) is 5.26 Å². The molecular formula is C14H15ClN2O2. The van der Waals surface area contributed by atoms with Crippen LogP contribution in [0.2, 0.25) is 5.02 Å². The number of halogens is 1. The summed E-state index contributed by atoms with van der Waals surface area (Å²) in [4.78, 5) is 13.6. The molecule has 0 atom stereocenters. The first-order valence-corrected chi connectivity index (χ1v) is 6.30. The van der Waals surface area contributed by atoms with Crippen molar-refractivity contribution in [2.24, 2.45) is 0 Å². The van der Waals surface area contributed by atoms with Gasteiger partial charge in [-0.25, -0.2) is 0 Å². The summed E-state index contributed by atoms with van der Waals surface area (Å²) in [5, 5.41) is 18.6. The number of nitrogens with zero attached hydrogens (tertiary/aromatic N) is 2. The minimum atomic E-state index is -0.309. The lowest BCUT2D eigenvalue weighted by Crippen LogP contribution is -2.31. The fourth-order valence-corrected chi connectivity index (χ4v) is 1.79. The third-order valence-corrected chi connectivity index (χ3v) is 2.99. The number of carbonyl (C=O) groups is 1. The summed E-state index contributed by atoms with van der Waals surface area (Å²) in [6.07, 6.45) is 1.46. The maximum Gasteiger partial charge on any atom is 0.264 e. The molecule has 1 amide bonds. The van der Waals surface area contributed by atoms with Gasteiger partial charge in [-0.15, -0.1) is 0 Å². The van der Waals surface area contributed by atoms with Gasteiger partial charge in [-0.2, -0.15) is 5.26 Å². The van der Waals surface area contributed by atoms with Crippen LogP contribution in [0, 0.1) is 11.3 Å². The summed E-state index contributed by atoms with van der Waals surface area (Å²) in [5.74, 6) is -0.343. The number of amides is 1. The van der Waals surface area contributed by atoms with Crippen LogP contribution in [-0.4, -0.2) is 29.0 Å². The van der Waals surface area contributed by atoms with E-state index in [1.807, 2.05) is 19.9 Å². The lowest BCUT2D eigenvalue weighted by Gasteiger charge is -2.17. The second-order valence-corrected chi connectivity index (χ2v) is 4.27. The van der Waals surface area contributed by atoms with Crippen molar-refractivity contribution in [3.8, 4) is 11.8 Å². The maximum atomic E-state index is 12.0. The Bertz CT molecular complexity index is 543. The van der Waals surface area contributed by atoms with Gasteiger partial charge in [0.1, 0.15) is 17.4 Å². The summed E-state index contributed by atoms with van der Waals surface area (Å²) in [6, 6.07) is 6.41. The quantitative estimate of drug-likeness (QED) is 0.680. The number of likely N-dealkylation sites (N-methyl/N-ethyl adjacent to an activating group) is 1. The second-order valence-electron chi connectivity index (χ2n) is 3.86. The van der Waals surface area contributed by atoms with Gasteiger partial charge in [0.25, 0.3) is 5.91 Å². The van der Waals surface area contributed by atoms with Gasteiger partial charge in [0.05, 0.1) is 5.02 Å². The molecule has 0 aliphatic heterocycles. The van der Waals surface area contributed by atoms with Gasteiger partial charge in [0, 0.05) is 13.1 Å². The fraction of sp³-hybridized carbons (Fsp3) is 0.286. The van der Waals surface area contributed by atoms with Crippen LogP contribution in [0.4, 0.5) is 0 Å². The smallest absolute Gasteiger partial charge is 0.264 e. The normalized spacial score (nSPS) is 10.9. The number of hydrogen-bond acceptors (Lipinski definition) is 3. The number of nitriles is 1. The number of hydrogen-bond donors (Lipinski definition) is 1. The van der Waals surface area contributed by atoms with Crippen LogP contribution in [-0.2, 0) is 4.79 Å². The average molecular weight is 279 g/mol. The van der Waals surface area contributed by atoms with Crippen LogP contribution in [0.1, 0.15) is 19.4 Å². The molecule has 0 aromatic heterocycles. The highest BCUT2D eigenvalue weighted by Crippen LogP contribution is 2.24. The molecule has 0 spiro atoms. The van der Waals surface area contributed by atoms with Crippen molar-refractivity contribution in [2.75, 3.05) is 13.1 Å². The minimum absolute atomic E-state index is 0.0348. The number of phenols is 1. The van der Waals surface area contributed by atoms with Gasteiger partial charge in [0.2, 0.25) is 0 Å². The molecule has 1 aromatic rings. The fourth-order valence-electron chi connectivity index (χ4n) is 1.60. The molecule has 0 unspecified atom stereocenters. The summed E-state index contributed by atoms with van der Waals surface area (Å²) in [5.41, 5.74) is 0.644. The van der Waals surface area contributed by atoms with Crippen molar-refractivity contribution in [2.45, 2.75) is 13.8 Å². The Balaban J connectivity index is 3.09. The van der Waals surface area contributed by atoms with Crippen molar-refractivity contribution in [1.82, 2.24) is 4.90 Å². The highest BCUT2D eigenvalue weighted by atomic mass is 35.5. The van der Waals surface area contributed by atoms with Crippen LogP contribution in [0.3, 0.4) is 0 Å². The Morgan fingerprint density at radius 1 is 1.47 bits per heavy atom. The van der Waals surface area contributed by atoms with Crippen molar-refractivity contribution < 1.29 is 9.90 Å². The van der Waals surface area contributed by atoms with E-state index in [1.165, 1.54) is 18.2 Å². The van der Waals surface area contributed by atoms with Crippen LogP contribution in [0.25, 0.3) is 6.08 Å². The first kappa shape index (κ1) is 15.1. The zero-order valence-corrected chi connectivity index (χ0v) is 11.6. The van der Waals surface area contributed by atoms with E-state index in [0.29, 0.717) is 18.7 Å². The van der Waals surface area contributed by atoms with E-state index in [1.54, 1.807) is 11.0 Å². The van der Waals surface area contributed by atoms with Crippen LogP contribution in [0.15, 0.2) is 23.8 Å². The second kappa shape index (κ2) is 6.81. The summed E-state index contributed by atoms with van der Waals surface area (Å²) >= 11 is 5.78. The largest absolute Gasteiger partial charge is 0.506 e. The Morgan fingerprint density at radius 2 is 2.11 bits per heavy atom. The average Bonchev–Trinajstić information content (AvgIpc) is 2.41. The van der Waals surface area contributed by atoms with Gasteiger partial charge >= 0.3 is 0 Å². The van der Waals surface area contributed by atoms with Crippen molar-refractivity contribution in [3.63, 3.8) is 0 Å². The molecule has 0 saturated carbocycles. The van der Waals surface area contributed by atoms with Gasteiger partial charge < -0.3 is 10.0 Å². The monoisotopic (exact) mass is 278 g/mol. The lowest BCUT2D eigenvalue weighted by molar-refractivity contribution is -0.126. The van der Waals surface area contributed by atoms with Crippen molar-refractivity contribution in [3.05, 3.63) is 34.4 Å². The first-order chi connectivity index (χ1) is 9.03. The molecule has 0 fully saturated rings. The Hall–Kier alpha value is -1.99. The van der Waals surface area contributed by atoms with Crippen LogP contribution >= 0.6 is 11.6 Å². The summed E-state index contributed by atoms with van der Waals surface area (Å²) in [6.45, 7) is 4.80. The topological polar surface area (TPSA) is 64.3 Å². The number of benzene rings is 1. The van der Waals surface area contributed by atoms with E-state index < -0.39 is 0 Å². The molecule has 0 bridgehead atoms. The Morgan fingerprint density at radius 3 is 2.58 bits per heavy atom. The van der Waals surface area contributed by atoms with Crippen molar-refractivity contribution >= 4 is 23.6 Å². The van der Waals surface area contributed by atoms with E-state index in [4.69, 9.17) is 16.9 Å². The zero-order chi connectivity index (χ0) is 14.4. The third-order valence-electron chi connectivity index (χ3n) is 2.68. The highest BCUT2D eigenvalue weighted by Gasteiger charge is 2.15. The highest BCUT2D eigenvalue weighted by molar-refractivity contribution is 6.32. The number of rotatable bonds is 4. The minimum Gasteiger partial charge on any atom is -0.506 e. The SMILES string of the molecule is CCN(CC)C(=O)/C(C#N)=C\c1ccc(O)c(Cl)c1. The van der Waals surface area contributed by atoms with E-state index in [2.05, 4.69) is 0 Å². The molecular weight excluding hydrogens is 264 g/mol. The van der Waals surface area contributed by atoms with E-state index in [9.17, 15) is 9.90 Å². The molecule has 0 aliphatic carbocycles. The summed E-state index contributed by atoms with van der Waals surface area (Å²) < 4.78 is 0. The predicted molar refractivity (Wildman–Crippen MR) is 74.6 cm³/mol. The summed E-state index contributed by atoms with van der Waals surface area (Å²) in [7, 11) is 0. The lowest BCUT2D eigenvalue weighted by atomic mass is 10.1. The molecule has 5 heteroatoms. The van der Waals surface area contributed by atoms with E-state index in [0.717, 1.165) is 0 Å². The van der Waals surface area contributed by atoms with Gasteiger partial charge in [-0.3, -0.25) is 4.79 Å². The molecule has 100 valence electrons. The molecule has 0 saturated heterocycles. The number of carbonyl (C=O) groups excluding carboxylic acids is 1. The van der Waals surface area contributed by atoms with Crippen LogP contribution in [0.5, 0.6) is 5.75 Å². The predicted octanol–water partition coefficient (Wildman–Crippen LogP) is 2.82. The van der Waals surface area contributed by atoms with E-state index in [-0.39, 0.29) is 22.3 Å². The Kier molecular flexibility index (Phi) is 5.40. The standard InChI is InChI=1S/C14H15ClN2O2/c1-3-17(4-2)14(19)11(9-16)7-10-5-6-13(18)12(15)8-10/h5-8,18H,3-4H2,1-2H3/b11-7-. The molecule has 0 radical (unpaired) electrons. The van der Waals surface area contributed by atoms with Gasteiger partial charge in [-0.05, 0) is 37.6 Å². The van der Waals surface area contributed by atoms with E-state index >= 15 is 0 Å². The molecule has 1 aromatic carbocycles. The third kappa shape index (κ3) is 3.73. The molecule has 1 rings (SSSR count). The number of aromatic hydroxyl groups is 1. The van der Waals surface area contributed by atoms with Gasteiger partial charge in [0.15, 0.2) is 0 Å². The molecule has 19 heavy (non-hydrogen) atoms. The number of phenolic OH excluding ortho intramolecular Hbond substituents is 1. The Labute approximate surface area is 117 Å². The molecule has 1 N–H and O–H groups in total. The maximum absolute atomic E-state index is 12.0. The first-order valence-electron chi connectivity index (χ1n) is 5.93. The van der Waals surface area contributed by atoms with Crippen LogP contribution < -0.4 is 0 Å². The zero-order valence-electron chi connectivity index (χ0n) is 10.9.